The number of allylic oxidation sites excluding steroid dienone is 1. The van der Waals surface area contributed by atoms with Gasteiger partial charge in [-0.05, 0) is 74.7 Å². The van der Waals surface area contributed by atoms with Crippen LogP contribution < -0.4 is 14.8 Å². The van der Waals surface area contributed by atoms with E-state index in [4.69, 9.17) is 9.47 Å². The Balaban J connectivity index is 1.92. The summed E-state index contributed by atoms with van der Waals surface area (Å²) in [5.74, 6) is 1.10. The van der Waals surface area contributed by atoms with Crippen LogP contribution in [-0.4, -0.2) is 12.6 Å². The number of ether oxygens (including phenoxy) is 2. The van der Waals surface area contributed by atoms with Crippen LogP contribution in [0.15, 0.2) is 60.7 Å². The van der Waals surface area contributed by atoms with Crippen LogP contribution in [0.3, 0.4) is 0 Å². The molecule has 0 aliphatic carbocycles. The Morgan fingerprint density at radius 3 is 2.32 bits per heavy atom. The van der Waals surface area contributed by atoms with Crippen LogP contribution in [0.2, 0.25) is 0 Å². The number of rotatable bonds is 5. The van der Waals surface area contributed by atoms with E-state index in [2.05, 4.69) is 25.2 Å². The van der Waals surface area contributed by atoms with Crippen molar-refractivity contribution in [3.05, 3.63) is 82.9 Å². The van der Waals surface area contributed by atoms with Gasteiger partial charge in [-0.25, -0.2) is 0 Å². The van der Waals surface area contributed by atoms with Crippen LogP contribution in [-0.2, 0) is 12.8 Å². The number of para-hydroxylation sites is 1. The zero-order chi connectivity index (χ0) is 24.7. The fourth-order valence-electron chi connectivity index (χ4n) is 4.56. The maximum absolute atomic E-state index is 13.6. The largest absolute Gasteiger partial charge is 0.496 e. The summed E-state index contributed by atoms with van der Waals surface area (Å²) in [5, 5.41) is 3.52. The molecule has 0 aromatic heterocycles. The van der Waals surface area contributed by atoms with E-state index in [1.54, 1.807) is 0 Å². The Labute approximate surface area is 198 Å². The van der Waals surface area contributed by atoms with Crippen LogP contribution in [0.1, 0.15) is 43.0 Å². The van der Waals surface area contributed by atoms with Crippen LogP contribution in [0.25, 0.3) is 16.7 Å². The molecular weight excluding hydrogens is 439 g/mol. The fraction of sp³-hybridized carbons (Fsp3) is 0.286. The molecule has 0 fully saturated rings. The van der Waals surface area contributed by atoms with Crippen LogP contribution in [0, 0.1) is 6.92 Å². The lowest BCUT2D eigenvalue weighted by Crippen LogP contribution is -2.32. The number of alkyl halides is 3. The SMILES string of the molecule is COc1ccc(C(F)(F)F)cc1-c1ccc2c(c1COc1ccccc1C)C(C)=CC(C)(C)N2. The molecule has 4 rings (SSSR count). The Bertz CT molecular complexity index is 1260. The molecule has 0 saturated carbocycles. The molecular formula is C28H28F3NO2. The molecule has 1 heterocycles. The van der Waals surface area contributed by atoms with Crippen molar-refractivity contribution < 1.29 is 22.6 Å². The molecule has 3 nitrogen and oxygen atoms in total. The van der Waals surface area contributed by atoms with Gasteiger partial charge in [0.05, 0.1) is 18.2 Å². The summed E-state index contributed by atoms with van der Waals surface area (Å²) in [6.45, 7) is 8.32. The standard InChI is InChI=1S/C28H28F3NO2/c1-17-8-6-7-9-24(17)34-16-22-20(11-12-23-26(22)18(2)15-27(3,4)32-23)21-14-19(28(29,30)31)10-13-25(21)33-5/h6-15,32H,16H2,1-5H3. The van der Waals surface area contributed by atoms with Crippen LogP contribution >= 0.6 is 0 Å². The van der Waals surface area contributed by atoms with E-state index in [-0.39, 0.29) is 12.1 Å². The molecule has 6 heteroatoms. The molecule has 3 aromatic rings. The van der Waals surface area contributed by atoms with Gasteiger partial charge in [-0.2, -0.15) is 13.2 Å². The van der Waals surface area contributed by atoms with Gasteiger partial charge in [0.1, 0.15) is 18.1 Å². The highest BCUT2D eigenvalue weighted by atomic mass is 19.4. The number of nitrogens with one attached hydrogen (secondary N) is 1. The Morgan fingerprint density at radius 1 is 0.912 bits per heavy atom. The minimum absolute atomic E-state index is 0.191. The molecule has 3 aromatic carbocycles. The number of benzene rings is 3. The van der Waals surface area contributed by atoms with E-state index in [1.807, 2.05) is 50.2 Å². The number of halogens is 3. The van der Waals surface area contributed by atoms with Crippen molar-refractivity contribution in [2.24, 2.45) is 0 Å². The first-order chi connectivity index (χ1) is 16.0. The van der Waals surface area contributed by atoms with Crippen molar-refractivity contribution in [1.29, 1.82) is 0 Å². The Kier molecular flexibility index (Phi) is 6.11. The zero-order valence-electron chi connectivity index (χ0n) is 19.9. The molecule has 0 bridgehead atoms. The summed E-state index contributed by atoms with van der Waals surface area (Å²) >= 11 is 0. The van der Waals surface area contributed by atoms with Gasteiger partial charge in [-0.3, -0.25) is 0 Å². The second-order valence-electron chi connectivity index (χ2n) is 9.16. The van der Waals surface area contributed by atoms with Gasteiger partial charge in [0.2, 0.25) is 0 Å². The summed E-state index contributed by atoms with van der Waals surface area (Å²) < 4.78 is 52.4. The van der Waals surface area contributed by atoms with Crippen molar-refractivity contribution in [2.45, 2.75) is 46.0 Å². The third-order valence-electron chi connectivity index (χ3n) is 6.02. The normalized spacial score (nSPS) is 14.6. The van der Waals surface area contributed by atoms with Crippen LogP contribution in [0.4, 0.5) is 18.9 Å². The van der Waals surface area contributed by atoms with Crippen molar-refractivity contribution in [3.8, 4) is 22.6 Å². The molecule has 0 unspecified atom stereocenters. The first-order valence-electron chi connectivity index (χ1n) is 11.1. The molecule has 34 heavy (non-hydrogen) atoms. The molecule has 0 atom stereocenters. The molecule has 0 spiro atoms. The van der Waals surface area contributed by atoms with Crippen molar-refractivity contribution in [3.63, 3.8) is 0 Å². The van der Waals surface area contributed by atoms with Crippen molar-refractivity contribution in [1.82, 2.24) is 0 Å². The van der Waals surface area contributed by atoms with Gasteiger partial charge in [0.25, 0.3) is 0 Å². The summed E-state index contributed by atoms with van der Waals surface area (Å²) in [5.41, 5.74) is 4.72. The monoisotopic (exact) mass is 467 g/mol. The second kappa shape index (κ2) is 8.75. The summed E-state index contributed by atoms with van der Waals surface area (Å²) in [6.07, 6.45) is -2.34. The molecule has 1 aliphatic heterocycles. The number of aryl methyl sites for hydroxylation is 1. The minimum Gasteiger partial charge on any atom is -0.496 e. The third kappa shape index (κ3) is 4.63. The highest BCUT2D eigenvalue weighted by molar-refractivity contribution is 5.88. The smallest absolute Gasteiger partial charge is 0.416 e. The summed E-state index contributed by atoms with van der Waals surface area (Å²) in [6, 6.07) is 15.0. The van der Waals surface area contributed by atoms with E-state index in [0.717, 1.165) is 45.8 Å². The minimum atomic E-state index is -4.46. The fourth-order valence-corrected chi connectivity index (χ4v) is 4.56. The lowest BCUT2D eigenvalue weighted by Gasteiger charge is -2.33. The maximum Gasteiger partial charge on any atom is 0.416 e. The number of fused-ring (bicyclic) bond motifs is 1. The predicted molar refractivity (Wildman–Crippen MR) is 130 cm³/mol. The van der Waals surface area contributed by atoms with E-state index >= 15 is 0 Å². The number of hydrogen-bond acceptors (Lipinski definition) is 3. The highest BCUT2D eigenvalue weighted by Gasteiger charge is 2.32. The lowest BCUT2D eigenvalue weighted by atomic mass is 9.85. The van der Waals surface area contributed by atoms with Gasteiger partial charge < -0.3 is 14.8 Å². The zero-order valence-corrected chi connectivity index (χ0v) is 19.9. The average molecular weight is 468 g/mol. The average Bonchev–Trinajstić information content (AvgIpc) is 2.76. The molecule has 1 N–H and O–H groups in total. The number of methoxy groups -OCH3 is 1. The quantitative estimate of drug-likeness (QED) is 0.414. The van der Waals surface area contributed by atoms with E-state index < -0.39 is 11.7 Å². The van der Waals surface area contributed by atoms with Gasteiger partial charge in [-0.1, -0.05) is 30.3 Å². The van der Waals surface area contributed by atoms with E-state index in [9.17, 15) is 13.2 Å². The summed E-state index contributed by atoms with van der Waals surface area (Å²) in [7, 11) is 1.46. The second-order valence-corrected chi connectivity index (χ2v) is 9.16. The molecule has 178 valence electrons. The number of hydrogen-bond donors (Lipinski definition) is 1. The third-order valence-corrected chi connectivity index (χ3v) is 6.02. The van der Waals surface area contributed by atoms with Gasteiger partial charge in [0.15, 0.2) is 0 Å². The van der Waals surface area contributed by atoms with Crippen molar-refractivity contribution in [2.75, 3.05) is 12.4 Å². The Hall–Kier alpha value is -3.41. The predicted octanol–water partition coefficient (Wildman–Crippen LogP) is 7.88. The van der Waals surface area contributed by atoms with Gasteiger partial charge in [0, 0.05) is 22.4 Å². The topological polar surface area (TPSA) is 30.5 Å². The molecule has 0 saturated heterocycles. The number of anilines is 1. The molecule has 0 amide bonds. The summed E-state index contributed by atoms with van der Waals surface area (Å²) in [4.78, 5) is 0. The van der Waals surface area contributed by atoms with E-state index in [0.29, 0.717) is 16.9 Å². The maximum atomic E-state index is 13.6. The first-order valence-corrected chi connectivity index (χ1v) is 11.1. The van der Waals surface area contributed by atoms with Crippen LogP contribution in [0.5, 0.6) is 11.5 Å². The highest BCUT2D eigenvalue weighted by Crippen LogP contribution is 2.44. The van der Waals surface area contributed by atoms with Crippen molar-refractivity contribution >= 4 is 11.3 Å². The lowest BCUT2D eigenvalue weighted by molar-refractivity contribution is -0.137. The van der Waals surface area contributed by atoms with E-state index in [1.165, 1.54) is 13.2 Å². The molecule has 1 aliphatic rings. The Morgan fingerprint density at radius 2 is 1.65 bits per heavy atom. The first kappa shape index (κ1) is 23.7. The van der Waals surface area contributed by atoms with Gasteiger partial charge >= 0.3 is 6.18 Å². The molecule has 0 radical (unpaired) electrons. The van der Waals surface area contributed by atoms with Gasteiger partial charge in [-0.15, -0.1) is 0 Å².